The highest BCUT2D eigenvalue weighted by Crippen LogP contribution is 2.32. The highest BCUT2D eigenvalue weighted by Gasteiger charge is 2.18. The predicted molar refractivity (Wildman–Crippen MR) is 107 cm³/mol. The quantitative estimate of drug-likeness (QED) is 0.465. The lowest BCUT2D eigenvalue weighted by Crippen LogP contribution is -2.09. The van der Waals surface area contributed by atoms with E-state index in [1.807, 2.05) is 30.3 Å². The average Bonchev–Trinajstić information content (AvgIpc) is 2.97. The van der Waals surface area contributed by atoms with E-state index in [2.05, 4.69) is 62.1 Å². The molecule has 1 heterocycles. The fourth-order valence-corrected chi connectivity index (χ4v) is 3.73. The number of benzene rings is 2. The van der Waals surface area contributed by atoms with Crippen LogP contribution in [0.15, 0.2) is 57.6 Å². The number of fused-ring (bicyclic) bond motifs is 1. The molecule has 1 aromatic heterocycles. The van der Waals surface area contributed by atoms with Gasteiger partial charge in [-0.25, -0.2) is 0 Å². The molecule has 0 fully saturated rings. The van der Waals surface area contributed by atoms with Gasteiger partial charge in [-0.3, -0.25) is 4.79 Å². The Morgan fingerprint density at radius 1 is 1.08 bits per heavy atom. The second-order valence-corrected chi connectivity index (χ2v) is 7.92. The largest absolute Gasteiger partial charge is 0.361 e. The van der Waals surface area contributed by atoms with Gasteiger partial charge in [0.1, 0.15) is 5.78 Å². The van der Waals surface area contributed by atoms with Crippen molar-refractivity contribution in [3.63, 3.8) is 0 Å². The molecule has 3 rings (SSSR count). The first-order valence-corrected chi connectivity index (χ1v) is 9.68. The smallest absolute Gasteiger partial charge is 0.137 e. The molecule has 0 saturated carbocycles. The summed E-state index contributed by atoms with van der Waals surface area (Å²) in [7, 11) is 0. The van der Waals surface area contributed by atoms with Gasteiger partial charge in [0, 0.05) is 38.9 Å². The summed E-state index contributed by atoms with van der Waals surface area (Å²) in [5.74, 6) is 0.532. The van der Waals surface area contributed by atoms with Gasteiger partial charge in [0.15, 0.2) is 0 Å². The van der Waals surface area contributed by atoms with Crippen molar-refractivity contribution in [3.8, 4) is 0 Å². The molecule has 0 aliphatic carbocycles. The summed E-state index contributed by atoms with van der Waals surface area (Å²) in [6.07, 6.45) is 4.07. The number of rotatable bonds is 6. The molecule has 0 amide bonds. The Morgan fingerprint density at radius 2 is 1.79 bits per heavy atom. The molecule has 0 aliphatic rings. The minimum atomic E-state index is 0.246. The lowest BCUT2D eigenvalue weighted by Gasteiger charge is -2.14. The number of aromatic nitrogens is 1. The predicted octanol–water partition coefficient (Wildman–Crippen LogP) is 6.39. The number of hydrogen-bond acceptors (Lipinski definition) is 1. The van der Waals surface area contributed by atoms with E-state index in [1.54, 1.807) is 0 Å². The molecule has 4 heteroatoms. The van der Waals surface area contributed by atoms with Crippen molar-refractivity contribution in [2.75, 3.05) is 0 Å². The lowest BCUT2D eigenvalue weighted by atomic mass is 9.89. The maximum Gasteiger partial charge on any atom is 0.137 e. The van der Waals surface area contributed by atoms with E-state index in [0.29, 0.717) is 12.8 Å². The van der Waals surface area contributed by atoms with E-state index in [9.17, 15) is 4.79 Å². The highest BCUT2D eigenvalue weighted by molar-refractivity contribution is 9.10. The van der Waals surface area contributed by atoms with E-state index >= 15 is 0 Å². The van der Waals surface area contributed by atoms with Gasteiger partial charge in [-0.1, -0.05) is 50.9 Å². The van der Waals surface area contributed by atoms with E-state index in [-0.39, 0.29) is 11.7 Å². The first-order chi connectivity index (χ1) is 11.6. The molecule has 0 saturated heterocycles. The summed E-state index contributed by atoms with van der Waals surface area (Å²) in [5.41, 5.74) is 3.42. The maximum absolute atomic E-state index is 12.5. The fourth-order valence-electron chi connectivity index (χ4n) is 3.10. The van der Waals surface area contributed by atoms with Gasteiger partial charge in [-0.15, -0.1) is 0 Å². The van der Waals surface area contributed by atoms with Crippen molar-refractivity contribution < 1.29 is 4.79 Å². The second-order valence-electron chi connectivity index (χ2n) is 6.09. The van der Waals surface area contributed by atoms with Crippen LogP contribution in [0.4, 0.5) is 0 Å². The Hall–Kier alpha value is -1.39. The number of nitrogens with one attached hydrogen (secondary N) is 1. The molecular weight excluding hydrogens is 430 g/mol. The molecule has 3 aromatic rings. The van der Waals surface area contributed by atoms with E-state index in [1.165, 1.54) is 10.9 Å². The van der Waals surface area contributed by atoms with E-state index in [4.69, 9.17) is 0 Å². The summed E-state index contributed by atoms with van der Waals surface area (Å²) >= 11 is 6.96. The van der Waals surface area contributed by atoms with Crippen LogP contribution in [-0.2, 0) is 11.2 Å². The van der Waals surface area contributed by atoms with Gasteiger partial charge in [0.25, 0.3) is 0 Å². The third kappa shape index (κ3) is 3.98. The van der Waals surface area contributed by atoms with Gasteiger partial charge in [-0.2, -0.15) is 0 Å². The number of ketones is 1. The van der Waals surface area contributed by atoms with Crippen LogP contribution in [0.1, 0.15) is 36.8 Å². The monoisotopic (exact) mass is 447 g/mol. The van der Waals surface area contributed by atoms with Crippen LogP contribution in [0.5, 0.6) is 0 Å². The molecule has 1 unspecified atom stereocenters. The Labute approximate surface area is 158 Å². The number of Topliss-reactive ketones (excluding diaryl/α,β-unsaturated/α-hetero) is 1. The summed E-state index contributed by atoms with van der Waals surface area (Å²) in [5, 5.41) is 1.20. The molecule has 0 spiro atoms. The second kappa shape index (κ2) is 7.66. The molecule has 0 aliphatic heterocycles. The summed E-state index contributed by atoms with van der Waals surface area (Å²) in [6, 6.07) is 14.2. The van der Waals surface area contributed by atoms with Crippen molar-refractivity contribution in [1.82, 2.24) is 4.98 Å². The zero-order chi connectivity index (χ0) is 17.1. The van der Waals surface area contributed by atoms with Crippen LogP contribution in [0, 0.1) is 0 Å². The molecule has 2 aromatic carbocycles. The first kappa shape index (κ1) is 17.4. The number of H-pyrrole nitrogens is 1. The Morgan fingerprint density at radius 3 is 2.50 bits per heavy atom. The van der Waals surface area contributed by atoms with Gasteiger partial charge < -0.3 is 4.98 Å². The van der Waals surface area contributed by atoms with Crippen LogP contribution in [0.25, 0.3) is 10.9 Å². The standard InChI is InChI=1S/C20H19Br2NO/c1-2-14(10-17(24)9-13-3-5-15(21)6-4-13)19-12-23-20-8-7-16(22)11-18(19)20/h3-8,11-12,14,23H,2,9-10H2,1H3. The molecule has 0 bridgehead atoms. The van der Waals surface area contributed by atoms with Crippen molar-refractivity contribution in [1.29, 1.82) is 0 Å². The third-order valence-electron chi connectivity index (χ3n) is 4.40. The highest BCUT2D eigenvalue weighted by atomic mass is 79.9. The maximum atomic E-state index is 12.5. The van der Waals surface area contributed by atoms with Gasteiger partial charge in [-0.05, 0) is 53.8 Å². The zero-order valence-corrected chi connectivity index (χ0v) is 16.7. The molecule has 0 radical (unpaired) electrons. The van der Waals surface area contributed by atoms with Gasteiger partial charge in [0.2, 0.25) is 0 Å². The van der Waals surface area contributed by atoms with Crippen LogP contribution in [0.3, 0.4) is 0 Å². The fraction of sp³-hybridized carbons (Fsp3) is 0.250. The van der Waals surface area contributed by atoms with Crippen molar-refractivity contribution in [2.24, 2.45) is 0 Å². The molecule has 1 N–H and O–H groups in total. The average molecular weight is 449 g/mol. The minimum absolute atomic E-state index is 0.246. The summed E-state index contributed by atoms with van der Waals surface area (Å²) in [4.78, 5) is 15.9. The SMILES string of the molecule is CCC(CC(=O)Cc1ccc(Br)cc1)c1c[nH]c2ccc(Br)cc12. The Balaban J connectivity index is 1.77. The summed E-state index contributed by atoms with van der Waals surface area (Å²) in [6.45, 7) is 2.15. The topological polar surface area (TPSA) is 32.9 Å². The minimum Gasteiger partial charge on any atom is -0.361 e. The number of aromatic amines is 1. The first-order valence-electron chi connectivity index (χ1n) is 8.09. The Bertz CT molecular complexity index is 852. The molecular formula is C20H19Br2NO. The molecule has 2 nitrogen and oxygen atoms in total. The normalized spacial score (nSPS) is 12.5. The van der Waals surface area contributed by atoms with Crippen LogP contribution in [0.2, 0.25) is 0 Å². The Kier molecular flexibility index (Phi) is 5.57. The van der Waals surface area contributed by atoms with Crippen LogP contribution >= 0.6 is 31.9 Å². The molecule has 1 atom stereocenters. The van der Waals surface area contributed by atoms with Crippen LogP contribution < -0.4 is 0 Å². The van der Waals surface area contributed by atoms with Gasteiger partial charge >= 0.3 is 0 Å². The number of hydrogen-bond donors (Lipinski definition) is 1. The van der Waals surface area contributed by atoms with Crippen molar-refractivity contribution >= 4 is 48.5 Å². The number of carbonyl (C=O) groups is 1. The summed E-state index contributed by atoms with van der Waals surface area (Å²) < 4.78 is 2.10. The lowest BCUT2D eigenvalue weighted by molar-refractivity contribution is -0.118. The number of carbonyl (C=O) groups excluding carboxylic acids is 1. The van der Waals surface area contributed by atoms with E-state index in [0.717, 1.165) is 26.4 Å². The van der Waals surface area contributed by atoms with Crippen molar-refractivity contribution in [2.45, 2.75) is 32.1 Å². The third-order valence-corrected chi connectivity index (χ3v) is 5.42. The van der Waals surface area contributed by atoms with Gasteiger partial charge in [0.05, 0.1) is 0 Å². The molecule has 124 valence electrons. The van der Waals surface area contributed by atoms with Crippen LogP contribution in [-0.4, -0.2) is 10.8 Å². The zero-order valence-electron chi connectivity index (χ0n) is 13.5. The number of halogens is 2. The molecule has 24 heavy (non-hydrogen) atoms. The van der Waals surface area contributed by atoms with E-state index < -0.39 is 0 Å². The van der Waals surface area contributed by atoms with Crippen molar-refractivity contribution in [3.05, 3.63) is 68.7 Å².